The molecule has 1 saturated heterocycles. The monoisotopic (exact) mass is 414 g/mol. The molecule has 0 saturated carbocycles. The van der Waals surface area contributed by atoms with Gasteiger partial charge in [0.2, 0.25) is 11.8 Å². The molecule has 1 fully saturated rings. The summed E-state index contributed by atoms with van der Waals surface area (Å²) in [5.41, 5.74) is 1.30. The molecule has 0 aromatic heterocycles. The summed E-state index contributed by atoms with van der Waals surface area (Å²) in [5.74, 6) is -0.111. The minimum Gasteiger partial charge on any atom is -0.325 e. The molecule has 1 aromatic carbocycles. The highest BCUT2D eigenvalue weighted by Crippen LogP contribution is 2.30. The second-order valence-electron chi connectivity index (χ2n) is 6.29. The van der Waals surface area contributed by atoms with Crippen LogP contribution in [0, 0.1) is 5.92 Å². The molecule has 1 aliphatic heterocycles. The summed E-state index contributed by atoms with van der Waals surface area (Å²) in [6, 6.07) is 4.96. The van der Waals surface area contributed by atoms with Crippen LogP contribution in [0.3, 0.4) is 0 Å². The quantitative estimate of drug-likeness (QED) is 0.536. The summed E-state index contributed by atoms with van der Waals surface area (Å²) in [6.07, 6.45) is 0.828. The average molecular weight is 415 g/mol. The molecule has 2 rings (SSSR count). The summed E-state index contributed by atoms with van der Waals surface area (Å²) in [6.45, 7) is 6.09. The van der Waals surface area contributed by atoms with Crippen LogP contribution >= 0.6 is 35.0 Å². The lowest BCUT2D eigenvalue weighted by Crippen LogP contribution is -2.28. The summed E-state index contributed by atoms with van der Waals surface area (Å²) < 4.78 is 0. The van der Waals surface area contributed by atoms with Gasteiger partial charge in [-0.2, -0.15) is 5.10 Å². The van der Waals surface area contributed by atoms with E-state index in [-0.39, 0.29) is 23.3 Å². The number of amidine groups is 1. The summed E-state index contributed by atoms with van der Waals surface area (Å²) in [7, 11) is 0. The largest absolute Gasteiger partial charge is 0.325 e. The van der Waals surface area contributed by atoms with Gasteiger partial charge >= 0.3 is 0 Å². The normalized spacial score (nSPS) is 19.2. The van der Waals surface area contributed by atoms with Gasteiger partial charge in [0.1, 0.15) is 5.25 Å². The predicted molar refractivity (Wildman–Crippen MR) is 109 cm³/mol. The zero-order valence-electron chi connectivity index (χ0n) is 14.7. The second-order valence-corrected chi connectivity index (χ2v) is 8.26. The lowest BCUT2D eigenvalue weighted by atomic mass is 10.1. The number of anilines is 1. The second kappa shape index (κ2) is 9.39. The minimum absolute atomic E-state index is 0.00689. The average Bonchev–Trinajstić information content (AvgIpc) is 2.89. The van der Waals surface area contributed by atoms with E-state index in [0.717, 1.165) is 12.1 Å². The smallest absolute Gasteiger partial charge is 0.240 e. The van der Waals surface area contributed by atoms with Crippen molar-refractivity contribution in [1.82, 2.24) is 5.32 Å². The van der Waals surface area contributed by atoms with Crippen molar-refractivity contribution in [2.24, 2.45) is 16.1 Å². The summed E-state index contributed by atoms with van der Waals surface area (Å²) in [4.78, 5) is 24.2. The van der Waals surface area contributed by atoms with Gasteiger partial charge in [-0.05, 0) is 31.4 Å². The van der Waals surface area contributed by atoms with Crippen molar-refractivity contribution in [3.05, 3.63) is 28.2 Å². The molecule has 26 heavy (non-hydrogen) atoms. The molecule has 0 radical (unpaired) electrons. The molecule has 0 bridgehead atoms. The first-order chi connectivity index (χ1) is 12.3. The number of benzene rings is 1. The third-order valence-electron chi connectivity index (χ3n) is 3.39. The van der Waals surface area contributed by atoms with Crippen LogP contribution in [0.25, 0.3) is 0 Å². The van der Waals surface area contributed by atoms with Gasteiger partial charge in [0, 0.05) is 12.1 Å². The van der Waals surface area contributed by atoms with Crippen molar-refractivity contribution >= 4 is 63.3 Å². The first kappa shape index (κ1) is 20.7. The fraction of sp³-hybridized carbons (Fsp3) is 0.412. The maximum Gasteiger partial charge on any atom is 0.240 e. The molecule has 1 atom stereocenters. The standard InChI is InChI=1S/C17H20Cl2N4O2S/c1-9(2)7-10(3)22-23-17-21-16(25)13(26-17)8-14(24)20-12-6-4-5-11(18)15(12)19/h4-6,9,13H,7-8H2,1-3H3,(H,20,24)(H,21,23,25). The fourth-order valence-corrected chi connectivity index (χ4v) is 3.58. The number of nitrogens with zero attached hydrogens (tertiary/aromatic N) is 2. The SMILES string of the molecule is CC(CC(C)C)=N/N=C1/NC(=O)C(CC(=O)Nc2cccc(Cl)c2Cl)S1. The Bertz CT molecular complexity index is 765. The highest BCUT2D eigenvalue weighted by molar-refractivity contribution is 8.15. The third kappa shape index (κ3) is 6.00. The van der Waals surface area contributed by atoms with Gasteiger partial charge in [0.05, 0.1) is 15.7 Å². The fourth-order valence-electron chi connectivity index (χ4n) is 2.32. The van der Waals surface area contributed by atoms with Crippen molar-refractivity contribution in [1.29, 1.82) is 0 Å². The lowest BCUT2D eigenvalue weighted by Gasteiger charge is -2.09. The van der Waals surface area contributed by atoms with E-state index >= 15 is 0 Å². The van der Waals surface area contributed by atoms with Crippen molar-refractivity contribution in [2.75, 3.05) is 5.32 Å². The van der Waals surface area contributed by atoms with E-state index in [1.165, 1.54) is 11.8 Å². The van der Waals surface area contributed by atoms with Crippen LogP contribution in [0.4, 0.5) is 5.69 Å². The number of halogens is 2. The van der Waals surface area contributed by atoms with E-state index in [1.807, 2.05) is 6.92 Å². The van der Waals surface area contributed by atoms with Crippen molar-refractivity contribution in [3.63, 3.8) is 0 Å². The molecular weight excluding hydrogens is 395 g/mol. The summed E-state index contributed by atoms with van der Waals surface area (Å²) >= 11 is 13.2. The highest BCUT2D eigenvalue weighted by Gasteiger charge is 2.32. The molecule has 0 aliphatic carbocycles. The molecule has 9 heteroatoms. The zero-order valence-corrected chi connectivity index (χ0v) is 17.0. The number of carbonyl (C=O) groups is 2. The molecule has 1 heterocycles. The Morgan fingerprint density at radius 2 is 2.12 bits per heavy atom. The summed E-state index contributed by atoms with van der Waals surface area (Å²) in [5, 5.41) is 13.9. The third-order valence-corrected chi connectivity index (χ3v) is 5.28. The number of amides is 2. The maximum absolute atomic E-state index is 12.2. The highest BCUT2D eigenvalue weighted by atomic mass is 35.5. The molecule has 1 aromatic rings. The molecule has 1 unspecified atom stereocenters. The van der Waals surface area contributed by atoms with E-state index in [0.29, 0.717) is 21.8 Å². The van der Waals surface area contributed by atoms with E-state index < -0.39 is 5.25 Å². The van der Waals surface area contributed by atoms with E-state index in [4.69, 9.17) is 23.2 Å². The molecule has 140 valence electrons. The van der Waals surface area contributed by atoms with Crippen molar-refractivity contribution in [3.8, 4) is 0 Å². The Kier molecular flexibility index (Phi) is 7.49. The molecular formula is C17H20Cl2N4O2S. The Morgan fingerprint density at radius 1 is 1.38 bits per heavy atom. The number of thioether (sulfide) groups is 1. The molecule has 0 spiro atoms. The lowest BCUT2D eigenvalue weighted by molar-refractivity contribution is -0.122. The number of nitrogens with one attached hydrogen (secondary N) is 2. The molecule has 6 nitrogen and oxygen atoms in total. The van der Waals surface area contributed by atoms with Crippen LogP contribution in [0.15, 0.2) is 28.4 Å². The first-order valence-corrected chi connectivity index (χ1v) is 9.72. The molecule has 2 amide bonds. The van der Waals surface area contributed by atoms with Gasteiger partial charge in [-0.1, -0.05) is 54.9 Å². The number of hydrogen-bond donors (Lipinski definition) is 2. The Hall–Kier alpha value is -1.57. The van der Waals surface area contributed by atoms with Crippen LogP contribution in [0.1, 0.15) is 33.6 Å². The van der Waals surface area contributed by atoms with Gasteiger partial charge in [-0.15, -0.1) is 5.10 Å². The topological polar surface area (TPSA) is 82.9 Å². The predicted octanol–water partition coefficient (Wildman–Crippen LogP) is 4.33. The minimum atomic E-state index is -0.563. The maximum atomic E-state index is 12.2. The molecule has 2 N–H and O–H groups in total. The van der Waals surface area contributed by atoms with Crippen LogP contribution in [-0.4, -0.2) is 27.9 Å². The molecule has 1 aliphatic rings. The van der Waals surface area contributed by atoms with Crippen LogP contribution in [0.2, 0.25) is 10.0 Å². The Labute approximate surface area is 166 Å². The van der Waals surface area contributed by atoms with Crippen molar-refractivity contribution in [2.45, 2.75) is 38.9 Å². The van der Waals surface area contributed by atoms with Gasteiger partial charge in [0.25, 0.3) is 0 Å². The number of carbonyl (C=O) groups excluding carboxylic acids is 2. The van der Waals surface area contributed by atoms with E-state index in [9.17, 15) is 9.59 Å². The Balaban J connectivity index is 1.95. The van der Waals surface area contributed by atoms with Crippen LogP contribution in [0.5, 0.6) is 0 Å². The van der Waals surface area contributed by atoms with Gasteiger partial charge < -0.3 is 10.6 Å². The van der Waals surface area contributed by atoms with Gasteiger partial charge in [-0.25, -0.2) is 0 Å². The van der Waals surface area contributed by atoms with Gasteiger partial charge in [0.15, 0.2) is 5.17 Å². The van der Waals surface area contributed by atoms with Crippen LogP contribution in [-0.2, 0) is 9.59 Å². The first-order valence-electron chi connectivity index (χ1n) is 8.08. The van der Waals surface area contributed by atoms with Crippen molar-refractivity contribution < 1.29 is 9.59 Å². The van der Waals surface area contributed by atoms with E-state index in [1.54, 1.807) is 18.2 Å². The van der Waals surface area contributed by atoms with E-state index in [2.05, 4.69) is 34.7 Å². The zero-order chi connectivity index (χ0) is 19.3. The van der Waals surface area contributed by atoms with Crippen LogP contribution < -0.4 is 10.6 Å². The Morgan fingerprint density at radius 3 is 2.81 bits per heavy atom. The number of rotatable bonds is 6. The number of hydrogen-bond acceptors (Lipinski definition) is 5. The van der Waals surface area contributed by atoms with Gasteiger partial charge in [-0.3, -0.25) is 9.59 Å².